The zero-order valence-corrected chi connectivity index (χ0v) is 17.1. The highest BCUT2D eigenvalue weighted by molar-refractivity contribution is 6.32. The smallest absolute Gasteiger partial charge is 0.323 e. The van der Waals surface area contributed by atoms with Gasteiger partial charge in [-0.1, -0.05) is 11.6 Å². The van der Waals surface area contributed by atoms with Crippen LogP contribution in [0, 0.1) is 11.3 Å². The zero-order chi connectivity index (χ0) is 22.0. The summed E-state index contributed by atoms with van der Waals surface area (Å²) < 4.78 is 6.87. The third-order valence-corrected chi connectivity index (χ3v) is 4.59. The van der Waals surface area contributed by atoms with Crippen LogP contribution in [0.5, 0.6) is 0 Å². The summed E-state index contributed by atoms with van der Waals surface area (Å²) in [5, 5.41) is 26.9. The lowest BCUT2D eigenvalue weighted by atomic mass is 10.2. The van der Waals surface area contributed by atoms with Crippen molar-refractivity contribution >= 4 is 34.7 Å². The first-order valence-electron chi connectivity index (χ1n) is 8.92. The Bertz CT molecular complexity index is 1290. The summed E-state index contributed by atoms with van der Waals surface area (Å²) in [7, 11) is 1.53. The summed E-state index contributed by atoms with van der Waals surface area (Å²) in [5.74, 6) is 0.329. The van der Waals surface area contributed by atoms with Gasteiger partial charge in [0.25, 0.3) is 0 Å². The highest BCUT2D eigenvalue weighted by Gasteiger charge is 2.19. The minimum absolute atomic E-state index is 0.200. The zero-order valence-electron chi connectivity index (χ0n) is 16.3. The van der Waals surface area contributed by atoms with Crippen LogP contribution in [0.1, 0.15) is 24.4 Å². The van der Waals surface area contributed by atoms with E-state index in [9.17, 15) is 4.79 Å². The molecule has 0 aliphatic carbocycles. The van der Waals surface area contributed by atoms with Crippen molar-refractivity contribution in [3.8, 4) is 11.9 Å². The van der Waals surface area contributed by atoms with E-state index < -0.39 is 12.1 Å². The molecule has 0 unspecified atom stereocenters. The second kappa shape index (κ2) is 8.34. The number of carbonyl (C=O) groups excluding carboxylic acids is 1. The standard InChI is InChI=1S/C18H15ClN10O2/c1-10(31-2)16-14(9-21-15-6-11(7-20)27-28(15)16)26-18(30)25-12-5-13(19)17(22-8-12)29-23-3-4-24-29/h3-6,8-10H,1-2H3,(H2,25,26,30)/t10-/m0/s1. The maximum Gasteiger partial charge on any atom is 0.323 e. The van der Waals surface area contributed by atoms with E-state index in [0.29, 0.717) is 28.5 Å². The number of halogens is 1. The third-order valence-electron chi connectivity index (χ3n) is 4.31. The van der Waals surface area contributed by atoms with Gasteiger partial charge in [-0.3, -0.25) is 0 Å². The van der Waals surface area contributed by atoms with Gasteiger partial charge < -0.3 is 15.4 Å². The Hall–Kier alpha value is -4.08. The van der Waals surface area contributed by atoms with E-state index in [1.807, 2.05) is 6.07 Å². The maximum atomic E-state index is 12.6. The average molecular weight is 439 g/mol. The maximum absolute atomic E-state index is 12.6. The molecule has 2 amide bonds. The molecule has 4 aromatic heterocycles. The first-order valence-corrected chi connectivity index (χ1v) is 9.29. The van der Waals surface area contributed by atoms with Gasteiger partial charge >= 0.3 is 6.03 Å². The Labute approximate surface area is 180 Å². The Morgan fingerprint density at radius 3 is 2.68 bits per heavy atom. The number of hydrogen-bond donors (Lipinski definition) is 2. The monoisotopic (exact) mass is 438 g/mol. The van der Waals surface area contributed by atoms with Gasteiger partial charge in [0.05, 0.1) is 53.0 Å². The van der Waals surface area contributed by atoms with E-state index in [2.05, 4.69) is 35.9 Å². The number of rotatable bonds is 5. The van der Waals surface area contributed by atoms with Crippen LogP contribution in [-0.2, 0) is 4.74 Å². The fraction of sp³-hybridized carbons (Fsp3) is 0.167. The molecule has 12 nitrogen and oxygen atoms in total. The minimum Gasteiger partial charge on any atom is -0.375 e. The van der Waals surface area contributed by atoms with Crippen LogP contribution in [0.4, 0.5) is 16.2 Å². The van der Waals surface area contributed by atoms with Gasteiger partial charge in [-0.25, -0.2) is 19.3 Å². The van der Waals surface area contributed by atoms with Crippen molar-refractivity contribution in [2.24, 2.45) is 0 Å². The number of amides is 2. The first kappa shape index (κ1) is 20.2. The lowest BCUT2D eigenvalue weighted by Gasteiger charge is -2.17. The van der Waals surface area contributed by atoms with Crippen LogP contribution in [0.15, 0.2) is 36.9 Å². The second-order valence-corrected chi connectivity index (χ2v) is 6.68. The number of pyridine rings is 1. The molecule has 4 aromatic rings. The molecule has 0 fully saturated rings. The van der Waals surface area contributed by atoms with Crippen LogP contribution < -0.4 is 10.6 Å². The lowest BCUT2D eigenvalue weighted by Crippen LogP contribution is -2.22. The van der Waals surface area contributed by atoms with Crippen molar-refractivity contribution in [2.75, 3.05) is 17.7 Å². The highest BCUT2D eigenvalue weighted by atomic mass is 35.5. The van der Waals surface area contributed by atoms with Gasteiger partial charge in [0.1, 0.15) is 6.07 Å². The van der Waals surface area contributed by atoms with Crippen LogP contribution in [0.2, 0.25) is 5.02 Å². The average Bonchev–Trinajstić information content (AvgIpc) is 3.42. The fourth-order valence-corrected chi connectivity index (χ4v) is 3.10. The molecule has 31 heavy (non-hydrogen) atoms. The molecule has 13 heteroatoms. The van der Waals surface area contributed by atoms with E-state index in [4.69, 9.17) is 21.6 Å². The molecule has 0 aliphatic rings. The number of urea groups is 1. The summed E-state index contributed by atoms with van der Waals surface area (Å²) in [6.07, 6.45) is 5.46. The molecule has 0 saturated carbocycles. The molecular weight excluding hydrogens is 424 g/mol. The molecule has 4 rings (SSSR count). The number of methoxy groups -OCH3 is 1. The Kier molecular flexibility index (Phi) is 5.44. The fourth-order valence-electron chi connectivity index (χ4n) is 2.86. The molecule has 0 aliphatic heterocycles. The number of ether oxygens (including phenoxy) is 1. The second-order valence-electron chi connectivity index (χ2n) is 6.27. The highest BCUT2D eigenvalue weighted by Crippen LogP contribution is 2.26. The van der Waals surface area contributed by atoms with E-state index in [-0.39, 0.29) is 10.7 Å². The Balaban J connectivity index is 1.58. The van der Waals surface area contributed by atoms with Crippen molar-refractivity contribution in [3.05, 3.63) is 53.3 Å². The van der Waals surface area contributed by atoms with Crippen molar-refractivity contribution in [1.82, 2.24) is 34.6 Å². The van der Waals surface area contributed by atoms with E-state index in [1.54, 1.807) is 13.0 Å². The molecule has 0 radical (unpaired) electrons. The van der Waals surface area contributed by atoms with Crippen molar-refractivity contribution < 1.29 is 9.53 Å². The summed E-state index contributed by atoms with van der Waals surface area (Å²) >= 11 is 6.23. The molecule has 156 valence electrons. The number of hydrogen-bond acceptors (Lipinski definition) is 8. The van der Waals surface area contributed by atoms with Gasteiger partial charge in [0.15, 0.2) is 17.2 Å². The van der Waals surface area contributed by atoms with E-state index in [1.165, 1.54) is 47.3 Å². The van der Waals surface area contributed by atoms with Gasteiger partial charge in [0, 0.05) is 13.2 Å². The predicted octanol–water partition coefficient (Wildman–Crippen LogP) is 2.58. The first-order chi connectivity index (χ1) is 15.0. The molecule has 1 atom stereocenters. The number of carbonyl (C=O) groups is 1. The molecule has 0 saturated heterocycles. The van der Waals surface area contributed by atoms with Gasteiger partial charge in [-0.2, -0.15) is 20.6 Å². The van der Waals surface area contributed by atoms with Crippen LogP contribution >= 0.6 is 11.6 Å². The Morgan fingerprint density at radius 1 is 1.23 bits per heavy atom. The molecule has 2 N–H and O–H groups in total. The van der Waals surface area contributed by atoms with Crippen LogP contribution in [0.3, 0.4) is 0 Å². The van der Waals surface area contributed by atoms with Crippen molar-refractivity contribution in [3.63, 3.8) is 0 Å². The largest absolute Gasteiger partial charge is 0.375 e. The summed E-state index contributed by atoms with van der Waals surface area (Å²) in [6.45, 7) is 1.79. The molecule has 4 heterocycles. The van der Waals surface area contributed by atoms with Gasteiger partial charge in [0.2, 0.25) is 0 Å². The predicted molar refractivity (Wildman–Crippen MR) is 110 cm³/mol. The normalized spacial score (nSPS) is 11.8. The summed E-state index contributed by atoms with van der Waals surface area (Å²) in [5.41, 5.74) is 1.91. The van der Waals surface area contributed by atoms with Crippen molar-refractivity contribution in [1.29, 1.82) is 5.26 Å². The molecule has 0 aromatic carbocycles. The molecule has 0 spiro atoms. The quantitative estimate of drug-likeness (QED) is 0.483. The van der Waals surface area contributed by atoms with Gasteiger partial charge in [-0.15, -0.1) is 4.80 Å². The topological polar surface area (TPSA) is 148 Å². The number of aromatic nitrogens is 7. The summed E-state index contributed by atoms with van der Waals surface area (Å²) in [6, 6.07) is 4.48. The number of anilines is 2. The van der Waals surface area contributed by atoms with Crippen molar-refractivity contribution in [2.45, 2.75) is 13.0 Å². The minimum atomic E-state index is -0.554. The Morgan fingerprint density at radius 2 is 2.00 bits per heavy atom. The number of nitrogens with zero attached hydrogens (tertiary/aromatic N) is 8. The number of nitriles is 1. The van der Waals surface area contributed by atoms with Gasteiger partial charge in [-0.05, 0) is 13.0 Å². The lowest BCUT2D eigenvalue weighted by molar-refractivity contribution is 0.114. The van der Waals surface area contributed by atoms with Crippen LogP contribution in [-0.4, -0.2) is 47.7 Å². The number of nitrogens with one attached hydrogen (secondary N) is 2. The van der Waals surface area contributed by atoms with Crippen LogP contribution in [0.25, 0.3) is 11.5 Å². The SMILES string of the molecule is CO[C@@H](C)c1c(NC(=O)Nc2cnc(-n3nccn3)c(Cl)c2)cnc2cc(C#N)nn12. The summed E-state index contributed by atoms with van der Waals surface area (Å²) in [4.78, 5) is 22.3. The molecular formula is C18H15ClN10O2. The third kappa shape index (κ3) is 4.00. The molecule has 0 bridgehead atoms. The number of fused-ring (bicyclic) bond motifs is 1. The van der Waals surface area contributed by atoms with E-state index >= 15 is 0 Å². The van der Waals surface area contributed by atoms with E-state index in [0.717, 1.165) is 0 Å².